The summed E-state index contributed by atoms with van der Waals surface area (Å²) in [6.45, 7) is 14.5. The molecule has 1 spiro atoms. The van der Waals surface area contributed by atoms with E-state index in [1.165, 1.54) is 0 Å². The Hall–Kier alpha value is -5.07. The lowest BCUT2D eigenvalue weighted by molar-refractivity contribution is -0.519. The number of furan rings is 1. The first-order chi connectivity index (χ1) is 24.9. The van der Waals surface area contributed by atoms with Crippen LogP contribution in [0.3, 0.4) is 0 Å². The van der Waals surface area contributed by atoms with Crippen molar-refractivity contribution in [2.24, 2.45) is 10.5 Å². The van der Waals surface area contributed by atoms with Gasteiger partial charge in [-0.05, 0) is 45.7 Å². The molecular weight excluding hydrogens is 666 g/mol. The molecular formula is C37H43N9O6. The fourth-order valence-electron chi connectivity index (χ4n) is 7.61. The van der Waals surface area contributed by atoms with Crippen LogP contribution in [0.25, 0.3) is 22.1 Å². The van der Waals surface area contributed by atoms with Gasteiger partial charge in [-0.15, -0.1) is 10.2 Å². The molecule has 4 aliphatic rings. The van der Waals surface area contributed by atoms with E-state index in [2.05, 4.69) is 52.8 Å². The summed E-state index contributed by atoms with van der Waals surface area (Å²) in [7, 11) is 1.95. The molecule has 0 N–H and O–H groups in total. The van der Waals surface area contributed by atoms with Gasteiger partial charge in [0.05, 0.1) is 56.0 Å². The molecule has 2 unspecified atom stereocenters. The Labute approximate surface area is 301 Å². The SMILES string of the molecule is CC1=NN(C)C(C)C1(C)C#Cc1cc(N2CCOC3(COC3)[C@@H]2C)c(O[C@H]2C[C@@H]([N+](=O)[O-])N(c3nc(C(C)C)nc4c3oc3ccccc34)C2)nn1. The van der Waals surface area contributed by atoms with Crippen molar-refractivity contribution in [1.82, 2.24) is 25.2 Å². The number of aromatic nitrogens is 4. The fourth-order valence-corrected chi connectivity index (χ4v) is 7.61. The normalized spacial score (nSPS) is 26.9. The van der Waals surface area contributed by atoms with E-state index < -0.39 is 23.3 Å². The average Bonchev–Trinajstić information content (AvgIpc) is 3.76. The Morgan fingerprint density at radius 3 is 2.60 bits per heavy atom. The van der Waals surface area contributed by atoms with Crippen LogP contribution in [-0.2, 0) is 9.47 Å². The number of rotatable bonds is 6. The van der Waals surface area contributed by atoms with Gasteiger partial charge in [0.25, 0.3) is 12.0 Å². The van der Waals surface area contributed by atoms with Crippen LogP contribution < -0.4 is 14.5 Å². The molecule has 0 amide bonds. The Bertz CT molecular complexity index is 2160. The molecule has 0 bridgehead atoms. The molecule has 3 fully saturated rings. The summed E-state index contributed by atoms with van der Waals surface area (Å²) in [5.41, 5.74) is 2.90. The van der Waals surface area contributed by atoms with E-state index in [9.17, 15) is 10.1 Å². The van der Waals surface area contributed by atoms with Gasteiger partial charge in [-0.3, -0.25) is 20.0 Å². The van der Waals surface area contributed by atoms with Gasteiger partial charge in [-0.25, -0.2) is 9.97 Å². The van der Waals surface area contributed by atoms with Crippen molar-refractivity contribution in [3.63, 3.8) is 0 Å². The van der Waals surface area contributed by atoms with Crippen molar-refractivity contribution in [3.8, 4) is 17.7 Å². The minimum atomic E-state index is -1.12. The van der Waals surface area contributed by atoms with Gasteiger partial charge in [-0.1, -0.05) is 31.9 Å². The maximum Gasteiger partial charge on any atom is 0.292 e. The summed E-state index contributed by atoms with van der Waals surface area (Å²) in [5, 5.41) is 29.1. The standard InChI is InChI=1S/C37H43N9O6/c1-21(2)33-38-31-27-10-8-9-11-29(27)52-32(31)34(39-33)45-18-26(17-30(45)46(47)48)51-35-28(44-14-15-50-37(24(44)5)19-49-20-37)16-25(40-41-35)12-13-36(6)22(3)42-43(7)23(36)4/h8-11,16,21,23-24,26,30H,14-15,17-20H2,1-7H3/t23?,24-,26-,30+,36?/m0/s1. The van der Waals surface area contributed by atoms with Crippen LogP contribution in [0.5, 0.6) is 5.88 Å². The maximum absolute atomic E-state index is 12.6. The van der Waals surface area contributed by atoms with Crippen LogP contribution >= 0.6 is 0 Å². The van der Waals surface area contributed by atoms with Crippen molar-refractivity contribution in [2.75, 3.05) is 49.8 Å². The van der Waals surface area contributed by atoms with Crippen LogP contribution in [-0.4, -0.2) is 106 Å². The Balaban J connectivity index is 1.16. The van der Waals surface area contributed by atoms with E-state index >= 15 is 0 Å². The van der Waals surface area contributed by atoms with Gasteiger partial charge in [0.15, 0.2) is 11.4 Å². The quantitative estimate of drug-likeness (QED) is 0.155. The van der Waals surface area contributed by atoms with Crippen LogP contribution in [0, 0.1) is 27.4 Å². The largest absolute Gasteiger partial charge is 0.470 e. The lowest BCUT2D eigenvalue weighted by Crippen LogP contribution is -2.68. The Morgan fingerprint density at radius 1 is 1.12 bits per heavy atom. The number of benzene rings is 1. The summed E-state index contributed by atoms with van der Waals surface area (Å²) in [5.74, 6) is 7.91. The molecule has 15 heteroatoms. The molecule has 0 saturated carbocycles. The van der Waals surface area contributed by atoms with Crippen molar-refractivity contribution < 1.29 is 23.6 Å². The first kappa shape index (κ1) is 34.0. The minimum absolute atomic E-state index is 0.0172. The molecule has 272 valence electrons. The molecule has 3 aromatic heterocycles. The third-order valence-electron chi connectivity index (χ3n) is 11.4. The second-order valence-electron chi connectivity index (χ2n) is 14.8. The molecule has 4 aromatic rings. The van der Waals surface area contributed by atoms with Crippen molar-refractivity contribution in [3.05, 3.63) is 52.0 Å². The van der Waals surface area contributed by atoms with E-state index in [1.54, 1.807) is 4.90 Å². The topological polar surface area (TPSA) is 158 Å². The third-order valence-corrected chi connectivity index (χ3v) is 11.4. The number of anilines is 2. The number of morpholine rings is 1. The summed E-state index contributed by atoms with van der Waals surface area (Å²) in [4.78, 5) is 25.9. The molecule has 3 saturated heterocycles. The van der Waals surface area contributed by atoms with Crippen LogP contribution in [0.1, 0.15) is 65.4 Å². The van der Waals surface area contributed by atoms with Crippen molar-refractivity contribution >= 4 is 39.3 Å². The van der Waals surface area contributed by atoms with E-state index in [-0.39, 0.29) is 41.8 Å². The van der Waals surface area contributed by atoms with Crippen molar-refractivity contribution in [1.29, 1.82) is 0 Å². The predicted molar refractivity (Wildman–Crippen MR) is 194 cm³/mol. The highest BCUT2D eigenvalue weighted by atomic mass is 16.6. The zero-order chi connectivity index (χ0) is 36.5. The lowest BCUT2D eigenvalue weighted by atomic mass is 9.80. The van der Waals surface area contributed by atoms with Gasteiger partial charge >= 0.3 is 0 Å². The number of hydrazone groups is 1. The average molecular weight is 710 g/mol. The van der Waals surface area contributed by atoms with E-state index in [1.807, 2.05) is 63.2 Å². The highest BCUT2D eigenvalue weighted by molar-refractivity contribution is 6.05. The number of nitrogens with zero attached hydrogens (tertiary/aromatic N) is 9. The monoisotopic (exact) mass is 709 g/mol. The first-order valence-corrected chi connectivity index (χ1v) is 17.8. The van der Waals surface area contributed by atoms with Crippen LogP contribution in [0.15, 0.2) is 39.9 Å². The van der Waals surface area contributed by atoms with Gasteiger partial charge in [0, 0.05) is 35.9 Å². The second kappa shape index (κ2) is 12.6. The van der Waals surface area contributed by atoms with Gasteiger partial charge in [-0.2, -0.15) is 5.10 Å². The zero-order valence-corrected chi connectivity index (χ0v) is 30.5. The number of fused-ring (bicyclic) bond motifs is 3. The van der Waals surface area contributed by atoms with E-state index in [0.29, 0.717) is 66.1 Å². The highest BCUT2D eigenvalue weighted by Crippen LogP contribution is 2.41. The molecule has 15 nitrogen and oxygen atoms in total. The van der Waals surface area contributed by atoms with Crippen LogP contribution in [0.2, 0.25) is 0 Å². The first-order valence-electron chi connectivity index (χ1n) is 17.8. The van der Waals surface area contributed by atoms with E-state index in [0.717, 1.165) is 11.1 Å². The number of nitro groups is 1. The van der Waals surface area contributed by atoms with Gasteiger partial charge < -0.3 is 23.5 Å². The molecule has 5 atom stereocenters. The fraction of sp³-hybridized carbons (Fsp3) is 0.541. The van der Waals surface area contributed by atoms with Crippen molar-refractivity contribution in [2.45, 2.75) is 83.8 Å². The molecule has 0 aliphatic carbocycles. The van der Waals surface area contributed by atoms with E-state index in [4.69, 9.17) is 28.6 Å². The van der Waals surface area contributed by atoms with Gasteiger partial charge in [0.1, 0.15) is 40.0 Å². The molecule has 7 heterocycles. The molecule has 8 rings (SSSR count). The predicted octanol–water partition coefficient (Wildman–Crippen LogP) is 4.61. The lowest BCUT2D eigenvalue weighted by Gasteiger charge is -2.53. The summed E-state index contributed by atoms with van der Waals surface area (Å²) >= 11 is 0. The van der Waals surface area contributed by atoms with Crippen LogP contribution in [0.4, 0.5) is 11.5 Å². The maximum atomic E-state index is 12.6. The Kier molecular flexibility index (Phi) is 8.22. The second-order valence-corrected chi connectivity index (χ2v) is 14.8. The zero-order valence-electron chi connectivity index (χ0n) is 30.5. The molecule has 1 aromatic carbocycles. The number of hydrogen-bond donors (Lipinski definition) is 0. The summed E-state index contributed by atoms with van der Waals surface area (Å²) in [6.07, 6.45) is -1.63. The Morgan fingerprint density at radius 2 is 1.90 bits per heavy atom. The minimum Gasteiger partial charge on any atom is -0.470 e. The smallest absolute Gasteiger partial charge is 0.292 e. The molecule has 4 aliphatic heterocycles. The summed E-state index contributed by atoms with van der Waals surface area (Å²) in [6, 6.07) is 9.51. The number of ether oxygens (including phenoxy) is 3. The van der Waals surface area contributed by atoms with Gasteiger partial charge in [0.2, 0.25) is 0 Å². The number of para-hydroxylation sites is 1. The summed E-state index contributed by atoms with van der Waals surface area (Å²) < 4.78 is 24.7. The highest BCUT2D eigenvalue weighted by Gasteiger charge is 2.51. The molecule has 52 heavy (non-hydrogen) atoms. The molecule has 0 radical (unpaired) electrons. The number of hydrogen-bond acceptors (Lipinski definition) is 14. The third kappa shape index (κ3) is 5.47.